The highest BCUT2D eigenvalue weighted by atomic mass is 32.2. The molecule has 5 nitrogen and oxygen atoms in total. The summed E-state index contributed by atoms with van der Waals surface area (Å²) in [5.41, 5.74) is 4.69. The molecular formula is C30H29N3O2S. The van der Waals surface area contributed by atoms with E-state index in [0.29, 0.717) is 34.8 Å². The van der Waals surface area contributed by atoms with E-state index in [1.807, 2.05) is 84.6 Å². The maximum absolute atomic E-state index is 11.5. The molecule has 3 aromatic carbocycles. The fourth-order valence-corrected chi connectivity index (χ4v) is 5.05. The summed E-state index contributed by atoms with van der Waals surface area (Å²) < 4.78 is 0. The van der Waals surface area contributed by atoms with Crippen LogP contribution in [0.4, 0.5) is 11.4 Å². The zero-order valence-electron chi connectivity index (χ0n) is 20.5. The summed E-state index contributed by atoms with van der Waals surface area (Å²) in [5.74, 6) is -0.140. The van der Waals surface area contributed by atoms with Crippen molar-refractivity contribution in [2.75, 3.05) is 11.4 Å². The van der Waals surface area contributed by atoms with Gasteiger partial charge in [-0.25, -0.2) is 4.98 Å². The number of nitrogens with zero attached hydrogens (tertiary/aromatic N) is 3. The summed E-state index contributed by atoms with van der Waals surface area (Å²) in [4.78, 5) is 7.75. The Morgan fingerprint density at radius 1 is 0.917 bits per heavy atom. The summed E-state index contributed by atoms with van der Waals surface area (Å²) in [6.45, 7) is 4.78. The second kappa shape index (κ2) is 11.7. The molecule has 0 radical (unpaired) electrons. The van der Waals surface area contributed by atoms with Crippen molar-refractivity contribution in [3.05, 3.63) is 90.1 Å². The minimum Gasteiger partial charge on any atom is -0.504 e. The lowest BCUT2D eigenvalue weighted by molar-refractivity contribution is 0.409. The van der Waals surface area contributed by atoms with Crippen LogP contribution >= 0.6 is 11.8 Å². The van der Waals surface area contributed by atoms with Crippen molar-refractivity contribution in [1.82, 2.24) is 4.98 Å². The molecule has 0 saturated carbocycles. The summed E-state index contributed by atoms with van der Waals surface area (Å²) in [7, 11) is 0. The highest BCUT2D eigenvalue weighted by Crippen LogP contribution is 2.48. The standard InChI is InChI=1S/C30H29N3O2S/c1-3-5-15-26-27(33(4-2)23-12-7-6-8-13-23)28(34)29(30(35)32-26)36-24-18-16-21(17-19-24)25-14-10-9-11-22(25)20-31/h6-14,16-19H,3-5,15H2,1-2H3,(H2,32,34,35). The molecule has 0 aliphatic heterocycles. The van der Waals surface area contributed by atoms with E-state index >= 15 is 0 Å². The van der Waals surface area contributed by atoms with Crippen LogP contribution in [-0.2, 0) is 6.42 Å². The molecule has 2 N–H and O–H groups in total. The van der Waals surface area contributed by atoms with Gasteiger partial charge in [0, 0.05) is 17.1 Å². The van der Waals surface area contributed by atoms with E-state index < -0.39 is 0 Å². The number of benzene rings is 3. The third-order valence-electron chi connectivity index (χ3n) is 6.01. The smallest absolute Gasteiger partial charge is 0.229 e. The van der Waals surface area contributed by atoms with Crippen molar-refractivity contribution in [3.63, 3.8) is 0 Å². The number of nitriles is 1. The molecular weight excluding hydrogens is 466 g/mol. The van der Waals surface area contributed by atoms with Gasteiger partial charge >= 0.3 is 0 Å². The van der Waals surface area contributed by atoms with Crippen LogP contribution in [0.5, 0.6) is 11.6 Å². The molecule has 0 bridgehead atoms. The lowest BCUT2D eigenvalue weighted by atomic mass is 10.0. The Morgan fingerprint density at radius 2 is 1.61 bits per heavy atom. The van der Waals surface area contributed by atoms with Crippen molar-refractivity contribution in [2.45, 2.75) is 42.9 Å². The van der Waals surface area contributed by atoms with Crippen LogP contribution in [0.1, 0.15) is 37.9 Å². The van der Waals surface area contributed by atoms with E-state index in [-0.39, 0.29) is 11.6 Å². The van der Waals surface area contributed by atoms with Crippen molar-refractivity contribution in [2.24, 2.45) is 0 Å². The third-order valence-corrected chi connectivity index (χ3v) is 7.10. The number of anilines is 2. The van der Waals surface area contributed by atoms with Gasteiger partial charge in [0.1, 0.15) is 10.6 Å². The van der Waals surface area contributed by atoms with Crippen LogP contribution in [-0.4, -0.2) is 21.7 Å². The zero-order chi connectivity index (χ0) is 25.5. The predicted molar refractivity (Wildman–Crippen MR) is 146 cm³/mol. The fraction of sp³-hybridized carbons (Fsp3) is 0.200. The first-order valence-corrected chi connectivity index (χ1v) is 12.9. The first-order valence-electron chi connectivity index (χ1n) is 12.1. The van der Waals surface area contributed by atoms with Crippen molar-refractivity contribution in [1.29, 1.82) is 5.26 Å². The molecule has 0 unspecified atom stereocenters. The van der Waals surface area contributed by atoms with Gasteiger partial charge in [-0.3, -0.25) is 0 Å². The topological polar surface area (TPSA) is 80.4 Å². The van der Waals surface area contributed by atoms with Crippen LogP contribution in [0.25, 0.3) is 11.1 Å². The highest BCUT2D eigenvalue weighted by Gasteiger charge is 2.24. The van der Waals surface area contributed by atoms with E-state index in [1.165, 1.54) is 11.8 Å². The minimum absolute atomic E-state index is 0.0307. The second-order valence-electron chi connectivity index (χ2n) is 8.38. The van der Waals surface area contributed by atoms with Crippen molar-refractivity contribution in [3.8, 4) is 28.8 Å². The molecule has 1 aromatic heterocycles. The number of aromatic nitrogens is 1. The first-order chi connectivity index (χ1) is 17.6. The Bertz CT molecular complexity index is 1370. The summed E-state index contributed by atoms with van der Waals surface area (Å²) in [6, 6.07) is 27.4. The molecule has 0 fully saturated rings. The Hall–Kier alpha value is -3.95. The number of aromatic hydroxyl groups is 2. The van der Waals surface area contributed by atoms with Crippen molar-refractivity contribution < 1.29 is 10.2 Å². The molecule has 0 aliphatic carbocycles. The van der Waals surface area contributed by atoms with E-state index in [2.05, 4.69) is 18.0 Å². The monoisotopic (exact) mass is 495 g/mol. The Labute approximate surface area is 216 Å². The second-order valence-corrected chi connectivity index (χ2v) is 9.46. The molecule has 6 heteroatoms. The van der Waals surface area contributed by atoms with E-state index in [4.69, 9.17) is 0 Å². The molecule has 0 amide bonds. The lowest BCUT2D eigenvalue weighted by Crippen LogP contribution is -2.19. The molecule has 0 spiro atoms. The van der Waals surface area contributed by atoms with Gasteiger partial charge in [-0.05, 0) is 61.2 Å². The molecule has 4 aromatic rings. The average Bonchev–Trinajstić information content (AvgIpc) is 2.92. The van der Waals surface area contributed by atoms with Gasteiger partial charge in [0.15, 0.2) is 5.75 Å². The molecule has 1 heterocycles. The van der Waals surface area contributed by atoms with E-state index in [1.54, 1.807) is 6.07 Å². The van der Waals surface area contributed by atoms with Crippen LogP contribution in [0.2, 0.25) is 0 Å². The Balaban J connectivity index is 1.73. The maximum Gasteiger partial charge on any atom is 0.229 e. The van der Waals surface area contributed by atoms with E-state index in [9.17, 15) is 15.5 Å². The summed E-state index contributed by atoms with van der Waals surface area (Å²) in [5, 5.41) is 31.7. The molecule has 182 valence electrons. The van der Waals surface area contributed by atoms with Gasteiger partial charge in [-0.2, -0.15) is 5.26 Å². The number of para-hydroxylation sites is 1. The quantitative estimate of drug-likeness (QED) is 0.248. The van der Waals surface area contributed by atoms with Crippen LogP contribution in [0.3, 0.4) is 0 Å². The van der Waals surface area contributed by atoms with Crippen LogP contribution in [0, 0.1) is 11.3 Å². The molecule has 4 rings (SSSR count). The number of hydrogen-bond acceptors (Lipinski definition) is 6. The maximum atomic E-state index is 11.5. The number of aryl methyl sites for hydroxylation is 1. The van der Waals surface area contributed by atoms with Gasteiger partial charge in [-0.1, -0.05) is 73.6 Å². The molecule has 0 aliphatic rings. The van der Waals surface area contributed by atoms with Gasteiger partial charge in [-0.15, -0.1) is 0 Å². The average molecular weight is 496 g/mol. The van der Waals surface area contributed by atoms with Gasteiger partial charge in [0.05, 0.1) is 17.3 Å². The number of hydrogen-bond donors (Lipinski definition) is 2. The number of rotatable bonds is 9. The Kier molecular flexibility index (Phi) is 8.14. The molecule has 36 heavy (non-hydrogen) atoms. The van der Waals surface area contributed by atoms with Crippen LogP contribution < -0.4 is 4.90 Å². The Morgan fingerprint density at radius 3 is 2.28 bits per heavy atom. The minimum atomic E-state index is -0.171. The normalized spacial score (nSPS) is 10.7. The van der Waals surface area contributed by atoms with Gasteiger partial charge < -0.3 is 15.1 Å². The largest absolute Gasteiger partial charge is 0.504 e. The first kappa shape index (κ1) is 25.2. The third kappa shape index (κ3) is 5.32. The fourth-order valence-electron chi connectivity index (χ4n) is 4.21. The highest BCUT2D eigenvalue weighted by molar-refractivity contribution is 7.99. The van der Waals surface area contributed by atoms with Crippen molar-refractivity contribution >= 4 is 23.1 Å². The number of unbranched alkanes of at least 4 members (excludes halogenated alkanes) is 1. The molecule has 0 atom stereocenters. The SMILES string of the molecule is CCCCc1nc(O)c(Sc2ccc(-c3ccccc3C#N)cc2)c(O)c1N(CC)c1ccccc1. The van der Waals surface area contributed by atoms with Gasteiger partial charge in [0.2, 0.25) is 5.88 Å². The van der Waals surface area contributed by atoms with Gasteiger partial charge in [0.25, 0.3) is 0 Å². The molecule has 0 saturated heterocycles. The summed E-state index contributed by atoms with van der Waals surface area (Å²) in [6.07, 6.45) is 2.55. The predicted octanol–water partition coefficient (Wildman–Crippen LogP) is 7.68. The number of pyridine rings is 1. The lowest BCUT2D eigenvalue weighted by Gasteiger charge is -2.27. The van der Waals surface area contributed by atoms with E-state index in [0.717, 1.165) is 34.6 Å². The summed E-state index contributed by atoms with van der Waals surface area (Å²) >= 11 is 1.27. The van der Waals surface area contributed by atoms with Crippen LogP contribution in [0.15, 0.2) is 88.7 Å². The zero-order valence-corrected chi connectivity index (χ0v) is 21.3.